The van der Waals surface area contributed by atoms with Crippen molar-refractivity contribution in [3.63, 3.8) is 0 Å². The Hall–Kier alpha value is -2.22. The van der Waals surface area contributed by atoms with Gasteiger partial charge in [-0.1, -0.05) is 0 Å². The highest BCUT2D eigenvalue weighted by atomic mass is 32.2. The van der Waals surface area contributed by atoms with Gasteiger partial charge in [0.1, 0.15) is 16.8 Å². The molecule has 0 saturated carbocycles. The molecule has 28 heavy (non-hydrogen) atoms. The summed E-state index contributed by atoms with van der Waals surface area (Å²) in [7, 11) is -0.564. The van der Waals surface area contributed by atoms with Gasteiger partial charge in [0.05, 0.1) is 12.6 Å². The summed E-state index contributed by atoms with van der Waals surface area (Å²) in [6.45, 7) is 5.16. The normalized spacial score (nSPS) is 17.6. The first-order chi connectivity index (χ1) is 13.1. The number of nitrogens with one attached hydrogen (secondary N) is 2. The molecule has 0 spiro atoms. The molecule has 1 aromatic rings. The standard InChI is InChI=1S/C18H28N6O3S/c1-18(2,22-12-17(25)24-9-5-6-14(24)10-19)13-21-16-8-7-15(11-20-16)28(26,27)23(3)4/h7-8,11,14,22H,5-6,9,12-13H2,1-4H3,(H,20,21)/t14-/m0/s1. The minimum atomic E-state index is -3.50. The molecule has 1 saturated heterocycles. The lowest BCUT2D eigenvalue weighted by atomic mass is 10.1. The fourth-order valence-corrected chi connectivity index (χ4v) is 3.69. The Kier molecular flexibility index (Phi) is 6.98. The van der Waals surface area contributed by atoms with Gasteiger partial charge in [0.2, 0.25) is 15.9 Å². The van der Waals surface area contributed by atoms with Crippen LogP contribution in [0.4, 0.5) is 5.82 Å². The maximum atomic E-state index is 12.3. The molecule has 2 heterocycles. The fourth-order valence-electron chi connectivity index (χ4n) is 2.84. The predicted octanol–water partition coefficient (Wildman–Crippen LogP) is 0.627. The van der Waals surface area contributed by atoms with E-state index in [2.05, 4.69) is 21.7 Å². The first-order valence-electron chi connectivity index (χ1n) is 9.13. The molecule has 1 amide bonds. The number of rotatable bonds is 8. The van der Waals surface area contributed by atoms with E-state index >= 15 is 0 Å². The summed E-state index contributed by atoms with van der Waals surface area (Å²) in [4.78, 5) is 18.2. The maximum Gasteiger partial charge on any atom is 0.244 e. The van der Waals surface area contributed by atoms with Crippen molar-refractivity contribution in [3.8, 4) is 6.07 Å². The van der Waals surface area contributed by atoms with Crippen molar-refractivity contribution in [2.75, 3.05) is 39.0 Å². The molecule has 0 radical (unpaired) electrons. The summed E-state index contributed by atoms with van der Waals surface area (Å²) < 4.78 is 25.3. The molecule has 1 aliphatic heterocycles. The summed E-state index contributed by atoms with van der Waals surface area (Å²) in [6.07, 6.45) is 2.91. The van der Waals surface area contributed by atoms with E-state index in [4.69, 9.17) is 5.26 Å². The van der Waals surface area contributed by atoms with E-state index in [9.17, 15) is 13.2 Å². The molecule has 0 bridgehead atoms. The highest BCUT2D eigenvalue weighted by molar-refractivity contribution is 7.89. The Morgan fingerprint density at radius 3 is 2.71 bits per heavy atom. The van der Waals surface area contributed by atoms with Crippen molar-refractivity contribution >= 4 is 21.7 Å². The number of hydrogen-bond donors (Lipinski definition) is 2. The Morgan fingerprint density at radius 1 is 1.43 bits per heavy atom. The fraction of sp³-hybridized carbons (Fsp3) is 0.611. The third-order valence-corrected chi connectivity index (χ3v) is 6.47. The van der Waals surface area contributed by atoms with Crippen LogP contribution in [0.5, 0.6) is 0 Å². The molecule has 1 aromatic heterocycles. The molecule has 154 valence electrons. The van der Waals surface area contributed by atoms with Crippen molar-refractivity contribution < 1.29 is 13.2 Å². The summed E-state index contributed by atoms with van der Waals surface area (Å²) in [5.74, 6) is 0.469. The number of hydrogen-bond acceptors (Lipinski definition) is 7. The smallest absolute Gasteiger partial charge is 0.244 e. The van der Waals surface area contributed by atoms with Crippen molar-refractivity contribution in [2.45, 2.75) is 43.2 Å². The van der Waals surface area contributed by atoms with E-state index in [0.29, 0.717) is 18.9 Å². The first-order valence-corrected chi connectivity index (χ1v) is 10.6. The van der Waals surface area contributed by atoms with Gasteiger partial charge in [0.25, 0.3) is 0 Å². The van der Waals surface area contributed by atoms with Gasteiger partial charge in [0, 0.05) is 38.9 Å². The van der Waals surface area contributed by atoms with E-state index < -0.39 is 15.6 Å². The molecule has 1 aliphatic rings. The second-order valence-corrected chi connectivity index (χ2v) is 9.78. The predicted molar refractivity (Wildman–Crippen MR) is 106 cm³/mol. The van der Waals surface area contributed by atoms with Crippen LogP contribution in [0.2, 0.25) is 0 Å². The molecule has 0 aromatic carbocycles. The monoisotopic (exact) mass is 408 g/mol. The summed E-state index contributed by atoms with van der Waals surface area (Å²) in [5.41, 5.74) is -0.409. The van der Waals surface area contributed by atoms with Gasteiger partial charge in [0.15, 0.2) is 0 Å². The van der Waals surface area contributed by atoms with E-state index in [1.54, 1.807) is 11.0 Å². The van der Waals surface area contributed by atoms with E-state index in [-0.39, 0.29) is 23.4 Å². The Labute approximate surface area is 166 Å². The number of nitriles is 1. The van der Waals surface area contributed by atoms with Crippen LogP contribution >= 0.6 is 0 Å². The van der Waals surface area contributed by atoms with Crippen molar-refractivity contribution in [1.29, 1.82) is 5.26 Å². The second kappa shape index (κ2) is 8.86. The van der Waals surface area contributed by atoms with Crippen LogP contribution in [-0.2, 0) is 14.8 Å². The van der Waals surface area contributed by atoms with Crippen LogP contribution in [0.3, 0.4) is 0 Å². The quantitative estimate of drug-likeness (QED) is 0.647. The molecule has 2 rings (SSSR count). The number of nitrogens with zero attached hydrogens (tertiary/aromatic N) is 4. The molecular formula is C18H28N6O3S. The molecule has 1 atom stereocenters. The number of carbonyl (C=O) groups excluding carboxylic acids is 1. The van der Waals surface area contributed by atoms with Gasteiger partial charge in [-0.05, 0) is 38.8 Å². The number of likely N-dealkylation sites (tertiary alicyclic amines) is 1. The van der Waals surface area contributed by atoms with Crippen LogP contribution in [0, 0.1) is 11.3 Å². The average molecular weight is 409 g/mol. The highest BCUT2D eigenvalue weighted by Crippen LogP contribution is 2.17. The van der Waals surface area contributed by atoms with Crippen molar-refractivity contribution in [1.82, 2.24) is 19.5 Å². The second-order valence-electron chi connectivity index (χ2n) is 7.63. The van der Waals surface area contributed by atoms with Gasteiger partial charge in [-0.2, -0.15) is 5.26 Å². The zero-order valence-electron chi connectivity index (χ0n) is 16.8. The largest absolute Gasteiger partial charge is 0.368 e. The Morgan fingerprint density at radius 2 is 2.14 bits per heavy atom. The molecule has 0 aliphatic carbocycles. The van der Waals surface area contributed by atoms with E-state index in [1.165, 1.54) is 26.4 Å². The first kappa shape index (κ1) is 22.1. The van der Waals surface area contributed by atoms with E-state index in [1.807, 2.05) is 13.8 Å². The van der Waals surface area contributed by atoms with E-state index in [0.717, 1.165) is 17.1 Å². The summed E-state index contributed by atoms with van der Waals surface area (Å²) >= 11 is 0. The minimum absolute atomic E-state index is 0.0755. The number of aromatic nitrogens is 1. The number of anilines is 1. The summed E-state index contributed by atoms with van der Waals surface area (Å²) in [6, 6.07) is 4.96. The van der Waals surface area contributed by atoms with Gasteiger partial charge in [-0.3, -0.25) is 4.79 Å². The van der Waals surface area contributed by atoms with Gasteiger partial charge in [-0.15, -0.1) is 0 Å². The molecule has 9 nitrogen and oxygen atoms in total. The molecule has 10 heteroatoms. The molecule has 1 fully saturated rings. The van der Waals surface area contributed by atoms with Crippen LogP contribution < -0.4 is 10.6 Å². The van der Waals surface area contributed by atoms with Crippen LogP contribution in [-0.4, -0.2) is 73.8 Å². The van der Waals surface area contributed by atoms with Gasteiger partial charge < -0.3 is 15.5 Å². The number of carbonyl (C=O) groups is 1. The Balaban J connectivity index is 1.87. The maximum absolute atomic E-state index is 12.3. The lowest BCUT2D eigenvalue weighted by molar-refractivity contribution is -0.130. The third kappa shape index (κ3) is 5.41. The summed E-state index contributed by atoms with van der Waals surface area (Å²) in [5, 5.41) is 15.5. The molecule has 0 unspecified atom stereocenters. The average Bonchev–Trinajstić information content (AvgIpc) is 3.14. The lowest BCUT2D eigenvalue weighted by Crippen LogP contribution is -2.50. The van der Waals surface area contributed by atoms with Crippen LogP contribution in [0.1, 0.15) is 26.7 Å². The molecule has 2 N–H and O–H groups in total. The van der Waals surface area contributed by atoms with Crippen LogP contribution in [0.15, 0.2) is 23.2 Å². The molecular weight excluding hydrogens is 380 g/mol. The Bertz CT molecular complexity index is 830. The highest BCUT2D eigenvalue weighted by Gasteiger charge is 2.29. The number of sulfonamides is 1. The SMILES string of the molecule is CN(C)S(=O)(=O)c1ccc(NCC(C)(C)NCC(=O)N2CCC[C@H]2C#N)nc1. The number of pyridine rings is 1. The third-order valence-electron chi connectivity index (χ3n) is 4.67. The zero-order valence-corrected chi connectivity index (χ0v) is 17.6. The topological polar surface area (TPSA) is 118 Å². The zero-order chi connectivity index (χ0) is 20.9. The van der Waals surface area contributed by atoms with Crippen molar-refractivity contribution in [3.05, 3.63) is 18.3 Å². The van der Waals surface area contributed by atoms with Crippen LogP contribution in [0.25, 0.3) is 0 Å². The van der Waals surface area contributed by atoms with Crippen molar-refractivity contribution in [2.24, 2.45) is 0 Å². The minimum Gasteiger partial charge on any atom is -0.368 e. The lowest BCUT2D eigenvalue weighted by Gasteiger charge is -2.28. The van der Waals surface area contributed by atoms with Gasteiger partial charge in [-0.25, -0.2) is 17.7 Å². The number of amides is 1. The van der Waals surface area contributed by atoms with Gasteiger partial charge >= 0.3 is 0 Å².